The molecule has 0 spiro atoms. The number of aryl methyl sites for hydroxylation is 2. The van der Waals surface area contributed by atoms with Crippen LogP contribution in [-0.4, -0.2) is 23.7 Å². The Morgan fingerprint density at radius 1 is 1.38 bits per heavy atom. The smallest absolute Gasteiger partial charge is 0.238 e. The van der Waals surface area contributed by atoms with E-state index in [1.165, 1.54) is 35.3 Å². The third kappa shape index (κ3) is 2.97. The molecule has 1 unspecified atom stereocenters. The second-order valence-electron chi connectivity index (χ2n) is 6.21. The van der Waals surface area contributed by atoms with Gasteiger partial charge in [-0.05, 0) is 67.8 Å². The quantitative estimate of drug-likeness (QED) is 0.761. The van der Waals surface area contributed by atoms with Crippen LogP contribution in [0.5, 0.6) is 0 Å². The van der Waals surface area contributed by atoms with E-state index in [1.807, 2.05) is 6.92 Å². The number of rotatable bonds is 7. The van der Waals surface area contributed by atoms with Crippen molar-refractivity contribution in [2.24, 2.45) is 11.7 Å². The average molecular weight is 304 g/mol. The van der Waals surface area contributed by atoms with Crippen LogP contribution in [0.15, 0.2) is 23.1 Å². The number of nitrogens with two attached hydrogens (primary N) is 1. The molecule has 0 aromatic heterocycles. The summed E-state index contributed by atoms with van der Waals surface area (Å²) in [5.41, 5.74) is 8.19. The molecule has 1 saturated carbocycles. The van der Waals surface area contributed by atoms with E-state index in [0.29, 0.717) is 5.92 Å². The predicted octanol–water partition coefficient (Wildman–Crippen LogP) is 2.51. The first kappa shape index (κ1) is 14.9. The van der Waals surface area contributed by atoms with Crippen molar-refractivity contribution in [3.63, 3.8) is 0 Å². The molecule has 0 bridgehead atoms. The average Bonchev–Trinajstić information content (AvgIpc) is 3.21. The van der Waals surface area contributed by atoms with Gasteiger partial charge in [-0.15, -0.1) is 11.8 Å². The van der Waals surface area contributed by atoms with Gasteiger partial charge in [0.1, 0.15) is 5.54 Å². The van der Waals surface area contributed by atoms with Crippen LogP contribution in [0.2, 0.25) is 0 Å². The minimum atomic E-state index is -0.529. The number of carbonyl (C=O) groups excluding carboxylic acids is 1. The highest BCUT2D eigenvalue weighted by atomic mass is 32.2. The lowest BCUT2D eigenvalue weighted by atomic mass is 9.94. The van der Waals surface area contributed by atoms with Gasteiger partial charge < -0.3 is 11.1 Å². The van der Waals surface area contributed by atoms with E-state index in [0.717, 1.165) is 25.1 Å². The van der Waals surface area contributed by atoms with Gasteiger partial charge in [0.05, 0.1) is 0 Å². The van der Waals surface area contributed by atoms with Crippen LogP contribution in [0.4, 0.5) is 0 Å². The molecule has 1 aromatic carbocycles. The van der Waals surface area contributed by atoms with Gasteiger partial charge in [0.2, 0.25) is 5.91 Å². The number of nitrogens with one attached hydrogen (secondary N) is 1. The Balaban J connectivity index is 1.73. The molecule has 2 aliphatic carbocycles. The molecule has 21 heavy (non-hydrogen) atoms. The summed E-state index contributed by atoms with van der Waals surface area (Å²) in [4.78, 5) is 13.3. The Labute approximate surface area is 131 Å². The van der Waals surface area contributed by atoms with E-state index < -0.39 is 5.54 Å². The SMILES string of the molecule is CCNC(CSc1ccc2c(c1)CCC2)(C(N)=O)C1CC1. The van der Waals surface area contributed by atoms with Crippen LogP contribution in [0.1, 0.15) is 37.3 Å². The topological polar surface area (TPSA) is 55.1 Å². The van der Waals surface area contributed by atoms with Crippen molar-refractivity contribution in [2.45, 2.75) is 49.5 Å². The molecular formula is C17H24N2OS. The summed E-state index contributed by atoms with van der Waals surface area (Å²) in [5.74, 6) is 0.956. The predicted molar refractivity (Wildman–Crippen MR) is 87.5 cm³/mol. The summed E-state index contributed by atoms with van der Waals surface area (Å²) in [6, 6.07) is 6.75. The number of likely N-dealkylation sites (N-methyl/N-ethyl adjacent to an activating group) is 1. The molecule has 3 N–H and O–H groups in total. The largest absolute Gasteiger partial charge is 0.368 e. The molecule has 0 saturated heterocycles. The zero-order valence-electron chi connectivity index (χ0n) is 12.7. The van der Waals surface area contributed by atoms with E-state index in [1.54, 1.807) is 11.8 Å². The summed E-state index contributed by atoms with van der Waals surface area (Å²) in [5, 5.41) is 3.38. The minimum Gasteiger partial charge on any atom is -0.368 e. The highest BCUT2D eigenvalue weighted by Crippen LogP contribution is 2.42. The standard InChI is InChI=1S/C17H24N2OS/c1-2-19-17(16(18)20,14-7-8-14)11-21-15-9-6-12-4-3-5-13(12)10-15/h6,9-10,14,19H,2-5,7-8,11H2,1H3,(H2,18,20). The van der Waals surface area contributed by atoms with Crippen molar-refractivity contribution in [1.29, 1.82) is 0 Å². The fraction of sp³-hybridized carbons (Fsp3) is 0.588. The molecular weight excluding hydrogens is 280 g/mol. The van der Waals surface area contributed by atoms with Gasteiger partial charge in [0.15, 0.2) is 0 Å². The van der Waals surface area contributed by atoms with E-state index in [2.05, 4.69) is 23.5 Å². The van der Waals surface area contributed by atoms with Gasteiger partial charge in [-0.1, -0.05) is 13.0 Å². The maximum Gasteiger partial charge on any atom is 0.238 e. The third-order valence-corrected chi connectivity index (χ3v) is 5.93. The van der Waals surface area contributed by atoms with Crippen LogP contribution < -0.4 is 11.1 Å². The van der Waals surface area contributed by atoms with E-state index in [9.17, 15) is 4.79 Å². The number of primary amides is 1. The van der Waals surface area contributed by atoms with Crippen molar-refractivity contribution < 1.29 is 4.79 Å². The molecule has 114 valence electrons. The van der Waals surface area contributed by atoms with E-state index >= 15 is 0 Å². The Bertz CT molecular complexity index is 542. The molecule has 0 radical (unpaired) electrons. The molecule has 0 heterocycles. The molecule has 3 nitrogen and oxygen atoms in total. The monoisotopic (exact) mass is 304 g/mol. The molecule has 1 aromatic rings. The van der Waals surface area contributed by atoms with Crippen LogP contribution in [-0.2, 0) is 17.6 Å². The first-order chi connectivity index (χ1) is 10.2. The van der Waals surface area contributed by atoms with Crippen molar-refractivity contribution in [3.05, 3.63) is 29.3 Å². The number of carbonyl (C=O) groups is 1. The van der Waals surface area contributed by atoms with Crippen LogP contribution >= 0.6 is 11.8 Å². The highest BCUT2D eigenvalue weighted by molar-refractivity contribution is 7.99. The Kier molecular flexibility index (Phi) is 4.27. The Morgan fingerprint density at radius 3 is 2.81 bits per heavy atom. The van der Waals surface area contributed by atoms with E-state index in [4.69, 9.17) is 5.73 Å². The fourth-order valence-electron chi connectivity index (χ4n) is 3.40. The van der Waals surface area contributed by atoms with Crippen molar-refractivity contribution in [3.8, 4) is 0 Å². The van der Waals surface area contributed by atoms with E-state index in [-0.39, 0.29) is 5.91 Å². The third-order valence-electron chi connectivity index (χ3n) is 4.74. The summed E-state index contributed by atoms with van der Waals surface area (Å²) >= 11 is 1.77. The summed E-state index contributed by atoms with van der Waals surface area (Å²) < 4.78 is 0. The van der Waals surface area contributed by atoms with Crippen molar-refractivity contribution in [1.82, 2.24) is 5.32 Å². The number of fused-ring (bicyclic) bond motifs is 1. The zero-order valence-corrected chi connectivity index (χ0v) is 13.5. The van der Waals surface area contributed by atoms with Crippen LogP contribution in [0.3, 0.4) is 0 Å². The summed E-state index contributed by atoms with van der Waals surface area (Å²) in [6.45, 7) is 2.82. The van der Waals surface area contributed by atoms with Gasteiger partial charge in [-0.25, -0.2) is 0 Å². The molecule has 4 heteroatoms. The minimum absolute atomic E-state index is 0.194. The second kappa shape index (κ2) is 6.01. The lowest BCUT2D eigenvalue weighted by molar-refractivity contribution is -0.124. The molecule has 0 aliphatic heterocycles. The van der Waals surface area contributed by atoms with Gasteiger partial charge in [-0.3, -0.25) is 4.79 Å². The number of benzene rings is 1. The highest BCUT2D eigenvalue weighted by Gasteiger charge is 2.49. The summed E-state index contributed by atoms with van der Waals surface area (Å²) in [6.07, 6.45) is 5.90. The van der Waals surface area contributed by atoms with Crippen LogP contribution in [0.25, 0.3) is 0 Å². The summed E-state index contributed by atoms with van der Waals surface area (Å²) in [7, 11) is 0. The lowest BCUT2D eigenvalue weighted by Gasteiger charge is -2.31. The molecule has 1 amide bonds. The van der Waals surface area contributed by atoms with Crippen molar-refractivity contribution >= 4 is 17.7 Å². The van der Waals surface area contributed by atoms with Gasteiger partial charge >= 0.3 is 0 Å². The maximum atomic E-state index is 12.0. The number of amides is 1. The number of hydrogen-bond acceptors (Lipinski definition) is 3. The second-order valence-corrected chi connectivity index (χ2v) is 7.26. The molecule has 1 atom stereocenters. The maximum absolute atomic E-state index is 12.0. The van der Waals surface area contributed by atoms with Crippen molar-refractivity contribution in [2.75, 3.05) is 12.3 Å². The number of thioether (sulfide) groups is 1. The Morgan fingerprint density at radius 2 is 2.14 bits per heavy atom. The molecule has 2 aliphatic rings. The first-order valence-electron chi connectivity index (χ1n) is 7.95. The Hall–Kier alpha value is -1.00. The fourth-order valence-corrected chi connectivity index (χ4v) is 4.66. The van der Waals surface area contributed by atoms with Gasteiger partial charge in [0.25, 0.3) is 0 Å². The molecule has 1 fully saturated rings. The van der Waals surface area contributed by atoms with Gasteiger partial charge in [0, 0.05) is 10.6 Å². The van der Waals surface area contributed by atoms with Gasteiger partial charge in [-0.2, -0.15) is 0 Å². The normalized spacial score (nSPS) is 20.0. The lowest BCUT2D eigenvalue weighted by Crippen LogP contribution is -2.59. The van der Waals surface area contributed by atoms with Crippen LogP contribution in [0, 0.1) is 5.92 Å². The zero-order chi connectivity index (χ0) is 14.9. The first-order valence-corrected chi connectivity index (χ1v) is 8.94. The molecule has 3 rings (SSSR count). The number of hydrogen-bond donors (Lipinski definition) is 2.